The van der Waals surface area contributed by atoms with E-state index in [2.05, 4.69) is 20.8 Å². The molecule has 9 heteroatoms. The molecule has 31 heavy (non-hydrogen) atoms. The average molecular weight is 495 g/mol. The number of carbonyl (C=O) groups excluding carboxylic acids is 1. The van der Waals surface area contributed by atoms with Gasteiger partial charge in [0.05, 0.1) is 0 Å². The average Bonchev–Trinajstić information content (AvgIpc) is 2.73. The van der Waals surface area contributed by atoms with Crippen molar-refractivity contribution in [2.75, 3.05) is 32.8 Å². The zero-order valence-corrected chi connectivity index (χ0v) is 18.7. The second-order valence-electron chi connectivity index (χ2n) is 7.36. The number of benzene rings is 2. The number of hydrogen-bond acceptors (Lipinski definition) is 5. The van der Waals surface area contributed by atoms with Crippen molar-refractivity contribution >= 4 is 27.8 Å². The van der Waals surface area contributed by atoms with Crippen molar-refractivity contribution in [3.63, 3.8) is 0 Å². The highest BCUT2D eigenvalue weighted by Gasteiger charge is 2.27. The van der Waals surface area contributed by atoms with Gasteiger partial charge in [0.25, 0.3) is 5.91 Å². The van der Waals surface area contributed by atoms with E-state index in [4.69, 9.17) is 14.6 Å². The van der Waals surface area contributed by atoms with Gasteiger partial charge in [0.2, 0.25) is 0 Å². The zero-order chi connectivity index (χ0) is 22.4. The van der Waals surface area contributed by atoms with E-state index >= 15 is 0 Å². The lowest BCUT2D eigenvalue weighted by Crippen LogP contribution is -2.54. The highest BCUT2D eigenvalue weighted by Crippen LogP contribution is 2.30. The quantitative estimate of drug-likeness (QED) is 0.607. The predicted molar refractivity (Wildman–Crippen MR) is 116 cm³/mol. The van der Waals surface area contributed by atoms with E-state index in [1.165, 1.54) is 12.1 Å². The van der Waals surface area contributed by atoms with Gasteiger partial charge in [0.1, 0.15) is 5.82 Å². The molecule has 0 aromatic heterocycles. The standard InChI is InChI=1S/C22H24BrFN2O5/c1-15-11-25(12-16-2-5-18(24)6-3-16)8-9-26(15)21(27)13-30-19-7-4-17(23)10-20(19)31-14-22(28)29/h2-7,10,15H,8-9,11-14H2,1H3,(H,28,29)/t15-/m1/s1. The van der Waals surface area contributed by atoms with Crippen molar-refractivity contribution in [3.8, 4) is 11.5 Å². The first-order valence-electron chi connectivity index (χ1n) is 9.85. The van der Waals surface area contributed by atoms with Gasteiger partial charge in [-0.2, -0.15) is 0 Å². The Morgan fingerprint density at radius 3 is 2.48 bits per heavy atom. The number of piperazine rings is 1. The fraction of sp³-hybridized carbons (Fsp3) is 0.364. The molecule has 166 valence electrons. The van der Waals surface area contributed by atoms with Gasteiger partial charge in [-0.25, -0.2) is 9.18 Å². The van der Waals surface area contributed by atoms with Crippen molar-refractivity contribution < 1.29 is 28.6 Å². The summed E-state index contributed by atoms with van der Waals surface area (Å²) in [6.07, 6.45) is 0. The van der Waals surface area contributed by atoms with Gasteiger partial charge in [-0.1, -0.05) is 28.1 Å². The number of aliphatic carboxylic acids is 1. The number of ether oxygens (including phenoxy) is 2. The van der Waals surface area contributed by atoms with Gasteiger partial charge in [0, 0.05) is 36.7 Å². The van der Waals surface area contributed by atoms with Crippen LogP contribution in [0.1, 0.15) is 12.5 Å². The fourth-order valence-corrected chi connectivity index (χ4v) is 3.81. The fourth-order valence-electron chi connectivity index (χ4n) is 3.47. The summed E-state index contributed by atoms with van der Waals surface area (Å²) in [4.78, 5) is 27.5. The maximum absolute atomic E-state index is 13.1. The van der Waals surface area contributed by atoms with Crippen LogP contribution in [0.4, 0.5) is 4.39 Å². The van der Waals surface area contributed by atoms with Crippen LogP contribution < -0.4 is 9.47 Å². The van der Waals surface area contributed by atoms with E-state index in [1.807, 2.05) is 6.92 Å². The molecule has 1 heterocycles. The van der Waals surface area contributed by atoms with Crippen LogP contribution in [0.5, 0.6) is 11.5 Å². The molecule has 1 amide bonds. The zero-order valence-electron chi connectivity index (χ0n) is 17.1. The Morgan fingerprint density at radius 1 is 1.10 bits per heavy atom. The first-order valence-corrected chi connectivity index (χ1v) is 10.6. The molecule has 1 N–H and O–H groups in total. The van der Waals surface area contributed by atoms with Crippen LogP contribution in [0.2, 0.25) is 0 Å². The molecule has 1 aliphatic heterocycles. The maximum atomic E-state index is 13.1. The molecule has 0 unspecified atom stereocenters. The summed E-state index contributed by atoms with van der Waals surface area (Å²) < 4.78 is 24.7. The third kappa shape index (κ3) is 6.67. The highest BCUT2D eigenvalue weighted by molar-refractivity contribution is 9.10. The van der Waals surface area contributed by atoms with E-state index in [0.717, 1.165) is 5.56 Å². The summed E-state index contributed by atoms with van der Waals surface area (Å²) in [7, 11) is 0. The summed E-state index contributed by atoms with van der Waals surface area (Å²) in [6, 6.07) is 11.4. The molecule has 1 saturated heterocycles. The van der Waals surface area contributed by atoms with Gasteiger partial charge in [-0.15, -0.1) is 0 Å². The SMILES string of the molecule is C[C@@H]1CN(Cc2ccc(F)cc2)CCN1C(=O)COc1ccc(Br)cc1OCC(=O)O. The molecule has 3 rings (SSSR count). The third-order valence-corrected chi connectivity index (χ3v) is 5.45. The monoisotopic (exact) mass is 494 g/mol. The number of carboxylic acid groups (broad SMARTS) is 1. The molecule has 7 nitrogen and oxygen atoms in total. The van der Waals surface area contributed by atoms with E-state index in [0.29, 0.717) is 36.4 Å². The van der Waals surface area contributed by atoms with Gasteiger partial charge in [-0.3, -0.25) is 9.69 Å². The summed E-state index contributed by atoms with van der Waals surface area (Å²) in [6.45, 7) is 3.98. The number of nitrogens with zero attached hydrogens (tertiary/aromatic N) is 2. The second kappa shape index (κ2) is 10.6. The van der Waals surface area contributed by atoms with Gasteiger partial charge in [0.15, 0.2) is 24.7 Å². The number of hydrogen-bond donors (Lipinski definition) is 1. The Labute approximate surface area is 188 Å². The number of rotatable bonds is 8. The third-order valence-electron chi connectivity index (χ3n) is 4.96. The first kappa shape index (κ1) is 23.0. The molecular weight excluding hydrogens is 471 g/mol. The van der Waals surface area contributed by atoms with E-state index in [1.54, 1.807) is 35.2 Å². The Morgan fingerprint density at radius 2 is 1.81 bits per heavy atom. The molecule has 1 aliphatic rings. The highest BCUT2D eigenvalue weighted by atomic mass is 79.9. The predicted octanol–water partition coefficient (Wildman–Crippen LogP) is 3.16. The molecule has 0 radical (unpaired) electrons. The normalized spacial score (nSPS) is 16.7. The number of halogens is 2. The summed E-state index contributed by atoms with van der Waals surface area (Å²) in [5, 5.41) is 8.82. The molecule has 0 bridgehead atoms. The van der Waals surface area contributed by atoms with E-state index < -0.39 is 12.6 Å². The lowest BCUT2D eigenvalue weighted by atomic mass is 10.1. The van der Waals surface area contributed by atoms with Gasteiger partial charge < -0.3 is 19.5 Å². The summed E-state index contributed by atoms with van der Waals surface area (Å²) >= 11 is 3.31. The molecule has 0 saturated carbocycles. The Bertz CT molecular complexity index is 925. The molecule has 1 fully saturated rings. The smallest absolute Gasteiger partial charge is 0.341 e. The minimum absolute atomic E-state index is 0.00190. The molecule has 1 atom stereocenters. The van der Waals surface area contributed by atoms with Crippen LogP contribution in [0.15, 0.2) is 46.9 Å². The number of amides is 1. The number of carboxylic acids is 1. The van der Waals surface area contributed by atoms with Crippen molar-refractivity contribution in [1.29, 1.82) is 0 Å². The molecular formula is C22H24BrFN2O5. The van der Waals surface area contributed by atoms with Gasteiger partial charge in [-0.05, 0) is 42.8 Å². The van der Waals surface area contributed by atoms with Gasteiger partial charge >= 0.3 is 5.97 Å². The van der Waals surface area contributed by atoms with Crippen molar-refractivity contribution in [2.45, 2.75) is 19.5 Å². The Hall–Kier alpha value is -2.65. The largest absolute Gasteiger partial charge is 0.480 e. The summed E-state index contributed by atoms with van der Waals surface area (Å²) in [5.41, 5.74) is 1.03. The van der Waals surface area contributed by atoms with E-state index in [-0.39, 0.29) is 30.1 Å². The van der Waals surface area contributed by atoms with Crippen LogP contribution in [-0.4, -0.2) is 65.7 Å². The van der Waals surface area contributed by atoms with Crippen molar-refractivity contribution in [3.05, 3.63) is 58.3 Å². The maximum Gasteiger partial charge on any atom is 0.341 e. The number of carbonyl (C=O) groups is 2. The van der Waals surface area contributed by atoms with Crippen LogP contribution in [-0.2, 0) is 16.1 Å². The summed E-state index contributed by atoms with van der Waals surface area (Å²) in [5.74, 6) is -0.952. The molecule has 2 aromatic carbocycles. The Balaban J connectivity index is 1.53. The van der Waals surface area contributed by atoms with Crippen molar-refractivity contribution in [1.82, 2.24) is 9.80 Å². The van der Waals surface area contributed by atoms with Crippen LogP contribution in [0.3, 0.4) is 0 Å². The minimum atomic E-state index is -1.10. The van der Waals surface area contributed by atoms with Crippen LogP contribution in [0, 0.1) is 5.82 Å². The Kier molecular flexibility index (Phi) is 7.86. The first-order chi connectivity index (χ1) is 14.8. The lowest BCUT2D eigenvalue weighted by Gasteiger charge is -2.39. The lowest BCUT2D eigenvalue weighted by molar-refractivity contribution is -0.140. The van der Waals surface area contributed by atoms with E-state index in [9.17, 15) is 14.0 Å². The van der Waals surface area contributed by atoms with Crippen LogP contribution in [0.25, 0.3) is 0 Å². The molecule has 0 spiro atoms. The minimum Gasteiger partial charge on any atom is -0.480 e. The second-order valence-corrected chi connectivity index (χ2v) is 8.28. The molecule has 2 aromatic rings. The topological polar surface area (TPSA) is 79.3 Å². The van der Waals surface area contributed by atoms with Crippen molar-refractivity contribution in [2.24, 2.45) is 0 Å². The van der Waals surface area contributed by atoms with Crippen LogP contribution >= 0.6 is 15.9 Å². The molecule has 0 aliphatic carbocycles.